The minimum absolute atomic E-state index is 0.813. The molecular weight excluding hydrogens is 276 g/mol. The molecule has 0 heterocycles. The van der Waals surface area contributed by atoms with Crippen LogP contribution in [-0.4, -0.2) is 28.9 Å². The zero-order valence-corrected chi connectivity index (χ0v) is 14.8. The zero-order valence-electron chi connectivity index (χ0n) is 13.6. The molecule has 0 radical (unpaired) electrons. The van der Waals surface area contributed by atoms with Crippen LogP contribution in [-0.2, 0) is 15.6 Å². The number of hydrogen-bond donors (Lipinski definition) is 0. The van der Waals surface area contributed by atoms with Crippen LogP contribution in [0.2, 0.25) is 12.1 Å². The Labute approximate surface area is 131 Å². The van der Waals surface area contributed by atoms with E-state index in [0.717, 1.165) is 38.7 Å². The van der Waals surface area contributed by atoms with Gasteiger partial charge in [-0.3, -0.25) is 0 Å². The van der Waals surface area contributed by atoms with Gasteiger partial charge in [0.25, 0.3) is 0 Å². The Balaban J connectivity index is 2.21. The first-order chi connectivity index (χ1) is 10.3. The van der Waals surface area contributed by atoms with Crippen molar-refractivity contribution >= 4 is 15.1 Å². The van der Waals surface area contributed by atoms with E-state index in [1.807, 2.05) is 6.08 Å². The molecule has 1 aromatic carbocycles. The van der Waals surface area contributed by atoms with Crippen molar-refractivity contribution < 1.29 is 9.16 Å². The highest BCUT2D eigenvalue weighted by Crippen LogP contribution is 2.10. The normalized spacial score (nSPS) is 12.3. The van der Waals surface area contributed by atoms with Gasteiger partial charge in [0.2, 0.25) is 0 Å². The largest absolute Gasteiger partial charge is 0.420 e. The lowest BCUT2D eigenvalue weighted by Crippen LogP contribution is -2.20. The van der Waals surface area contributed by atoms with E-state index in [1.54, 1.807) is 0 Å². The van der Waals surface area contributed by atoms with Crippen molar-refractivity contribution in [1.29, 1.82) is 0 Å². The molecule has 0 N–H and O–H groups in total. The molecule has 3 heteroatoms. The minimum Gasteiger partial charge on any atom is -0.420 e. The zero-order chi connectivity index (χ0) is 15.3. The number of aryl methyl sites for hydroxylation is 1. The van der Waals surface area contributed by atoms with Crippen LogP contribution in [0.15, 0.2) is 30.8 Å². The second-order valence-corrected chi connectivity index (χ2v) is 8.05. The summed E-state index contributed by atoms with van der Waals surface area (Å²) in [6, 6.07) is 11.0. The van der Waals surface area contributed by atoms with Crippen LogP contribution in [0.4, 0.5) is 0 Å². The molecular formula is C18H30O2Si. The Morgan fingerprint density at radius 3 is 2.48 bits per heavy atom. The fourth-order valence-corrected chi connectivity index (χ4v) is 4.53. The first-order valence-electron chi connectivity index (χ1n) is 8.20. The summed E-state index contributed by atoms with van der Waals surface area (Å²) in [4.78, 5) is 0. The van der Waals surface area contributed by atoms with Crippen LogP contribution >= 0.6 is 0 Å². The Morgan fingerprint density at radius 2 is 1.86 bits per heavy atom. The Morgan fingerprint density at radius 1 is 1.10 bits per heavy atom. The number of rotatable bonds is 12. The van der Waals surface area contributed by atoms with E-state index in [0.29, 0.717) is 0 Å². The van der Waals surface area contributed by atoms with Gasteiger partial charge in [0.1, 0.15) is 0 Å². The second-order valence-electron chi connectivity index (χ2n) is 5.32. The number of ether oxygens (including phenoxy) is 1. The average Bonchev–Trinajstić information content (AvgIpc) is 2.52. The third-order valence-corrected chi connectivity index (χ3v) is 6.39. The van der Waals surface area contributed by atoms with E-state index in [-0.39, 0.29) is 0 Å². The Bertz CT molecular complexity index is 375. The topological polar surface area (TPSA) is 18.5 Å². The molecule has 1 atom stereocenters. The molecule has 2 nitrogen and oxygen atoms in total. The molecule has 1 rings (SSSR count). The molecule has 1 aromatic rings. The van der Waals surface area contributed by atoms with Gasteiger partial charge in [0.15, 0.2) is 9.04 Å². The quantitative estimate of drug-likeness (QED) is 0.419. The van der Waals surface area contributed by atoms with Crippen molar-refractivity contribution in [3.05, 3.63) is 42.0 Å². The van der Waals surface area contributed by atoms with Gasteiger partial charge < -0.3 is 9.16 Å². The van der Waals surface area contributed by atoms with Crippen LogP contribution in [0.5, 0.6) is 0 Å². The maximum Gasteiger partial charge on any atom is 0.179 e. The predicted octanol–water partition coefficient (Wildman–Crippen LogP) is 4.45. The SMILES string of the molecule is C=Cc1ccc(CCCO[SiH](CCC)CCOCC)cc1. The van der Waals surface area contributed by atoms with Gasteiger partial charge in [-0.1, -0.05) is 50.3 Å². The standard InChI is InChI=1S/C18H30O2Si/c1-4-15-21(16-14-19-6-3)20-13-7-8-18-11-9-17(5-2)10-12-18/h5,9-12,21H,2,4,6-8,13-16H2,1,3H3. The lowest BCUT2D eigenvalue weighted by molar-refractivity contribution is 0.157. The van der Waals surface area contributed by atoms with Gasteiger partial charge in [0.05, 0.1) is 0 Å². The van der Waals surface area contributed by atoms with Gasteiger partial charge in [-0.25, -0.2) is 0 Å². The summed E-state index contributed by atoms with van der Waals surface area (Å²) in [5.41, 5.74) is 2.56. The summed E-state index contributed by atoms with van der Waals surface area (Å²) >= 11 is 0. The third kappa shape index (κ3) is 8.20. The van der Waals surface area contributed by atoms with E-state index in [9.17, 15) is 0 Å². The monoisotopic (exact) mass is 306 g/mol. The first-order valence-corrected chi connectivity index (χ1v) is 10.3. The first kappa shape index (κ1) is 18.1. The highest BCUT2D eigenvalue weighted by molar-refractivity contribution is 6.51. The number of benzene rings is 1. The number of hydrogen-bond acceptors (Lipinski definition) is 2. The molecule has 0 bridgehead atoms. The lowest BCUT2D eigenvalue weighted by Gasteiger charge is -2.15. The summed E-state index contributed by atoms with van der Waals surface area (Å²) < 4.78 is 11.6. The summed E-state index contributed by atoms with van der Waals surface area (Å²) in [7, 11) is -1.04. The van der Waals surface area contributed by atoms with Crippen molar-refractivity contribution in [1.82, 2.24) is 0 Å². The molecule has 0 saturated heterocycles. The highest BCUT2D eigenvalue weighted by atomic mass is 28.3. The van der Waals surface area contributed by atoms with Crippen LogP contribution in [0.3, 0.4) is 0 Å². The van der Waals surface area contributed by atoms with E-state index in [4.69, 9.17) is 9.16 Å². The maximum absolute atomic E-state index is 6.14. The highest BCUT2D eigenvalue weighted by Gasteiger charge is 2.10. The van der Waals surface area contributed by atoms with E-state index < -0.39 is 9.04 Å². The van der Waals surface area contributed by atoms with Gasteiger partial charge in [-0.2, -0.15) is 0 Å². The van der Waals surface area contributed by atoms with Crippen molar-refractivity contribution in [2.24, 2.45) is 0 Å². The van der Waals surface area contributed by atoms with E-state index in [2.05, 4.69) is 44.7 Å². The van der Waals surface area contributed by atoms with Crippen LogP contribution in [0.1, 0.15) is 37.8 Å². The summed E-state index contributed by atoms with van der Waals surface area (Å²) in [6.45, 7) is 10.6. The summed E-state index contributed by atoms with van der Waals surface area (Å²) in [5, 5.41) is 0. The minimum atomic E-state index is -1.04. The molecule has 1 unspecified atom stereocenters. The van der Waals surface area contributed by atoms with Crippen LogP contribution in [0.25, 0.3) is 6.08 Å². The van der Waals surface area contributed by atoms with Crippen molar-refractivity contribution in [2.75, 3.05) is 19.8 Å². The predicted molar refractivity (Wildman–Crippen MR) is 94.4 cm³/mol. The lowest BCUT2D eigenvalue weighted by atomic mass is 10.1. The fourth-order valence-electron chi connectivity index (χ4n) is 2.34. The molecule has 0 amide bonds. The smallest absolute Gasteiger partial charge is 0.179 e. The molecule has 0 aromatic heterocycles. The summed E-state index contributed by atoms with van der Waals surface area (Å²) in [5.74, 6) is 0. The van der Waals surface area contributed by atoms with Gasteiger partial charge in [-0.05, 0) is 43.0 Å². The molecule has 0 aliphatic heterocycles. The van der Waals surface area contributed by atoms with Crippen LogP contribution < -0.4 is 0 Å². The van der Waals surface area contributed by atoms with E-state index in [1.165, 1.54) is 23.6 Å². The van der Waals surface area contributed by atoms with Gasteiger partial charge in [0, 0.05) is 19.8 Å². The summed E-state index contributed by atoms with van der Waals surface area (Å²) in [6.07, 6.45) is 5.31. The molecule has 0 spiro atoms. The Kier molecular flexibility index (Phi) is 10.1. The molecule has 0 saturated carbocycles. The van der Waals surface area contributed by atoms with Crippen molar-refractivity contribution in [2.45, 2.75) is 45.2 Å². The van der Waals surface area contributed by atoms with Crippen molar-refractivity contribution in [3.63, 3.8) is 0 Å². The Hall–Kier alpha value is -0.903. The molecule has 0 aliphatic rings. The average molecular weight is 307 g/mol. The molecule has 0 aliphatic carbocycles. The van der Waals surface area contributed by atoms with Gasteiger partial charge in [-0.15, -0.1) is 0 Å². The molecule has 118 valence electrons. The molecule has 0 fully saturated rings. The fraction of sp³-hybridized carbons (Fsp3) is 0.556. The van der Waals surface area contributed by atoms with Crippen LogP contribution in [0, 0.1) is 0 Å². The second kappa shape index (κ2) is 11.7. The molecule has 21 heavy (non-hydrogen) atoms. The van der Waals surface area contributed by atoms with E-state index >= 15 is 0 Å². The third-order valence-electron chi connectivity index (χ3n) is 3.58. The van der Waals surface area contributed by atoms with Crippen molar-refractivity contribution in [3.8, 4) is 0 Å². The van der Waals surface area contributed by atoms with Gasteiger partial charge >= 0.3 is 0 Å². The maximum atomic E-state index is 6.14.